The fraction of sp³-hybridized carbons (Fsp3) is 0.467. The second-order valence-corrected chi connectivity index (χ2v) is 15.9. The molecule has 9 heteroatoms. The van der Waals surface area contributed by atoms with Gasteiger partial charge in [0, 0.05) is 12.8 Å². The van der Waals surface area contributed by atoms with Crippen LogP contribution in [0.2, 0.25) is 5.04 Å². The SMILES string of the molecule is CC(C)(C)[Si](OC[C@H]1CCC[C@@]2(CCC[C@@H](n3cc(F)c(=O)[nH]c3=O)O2)O1)(c1ccccc1)c1ccccc1. The van der Waals surface area contributed by atoms with Crippen LogP contribution in [0.15, 0.2) is 76.4 Å². The zero-order chi connectivity index (χ0) is 27.7. The number of H-pyrrole nitrogens is 1. The summed E-state index contributed by atoms with van der Waals surface area (Å²) in [6.07, 6.45) is 4.38. The van der Waals surface area contributed by atoms with Gasteiger partial charge >= 0.3 is 5.69 Å². The van der Waals surface area contributed by atoms with E-state index in [1.807, 2.05) is 17.1 Å². The van der Waals surface area contributed by atoms with E-state index in [0.29, 0.717) is 25.9 Å². The number of hydrogen-bond acceptors (Lipinski definition) is 5. The summed E-state index contributed by atoms with van der Waals surface area (Å²) in [4.78, 5) is 26.0. The van der Waals surface area contributed by atoms with Crippen LogP contribution in [0.5, 0.6) is 0 Å². The molecule has 2 aliphatic rings. The summed E-state index contributed by atoms with van der Waals surface area (Å²) < 4.78 is 35.3. The van der Waals surface area contributed by atoms with Gasteiger partial charge in [0.25, 0.3) is 13.9 Å². The van der Waals surface area contributed by atoms with E-state index in [1.165, 1.54) is 10.4 Å². The molecule has 0 radical (unpaired) electrons. The summed E-state index contributed by atoms with van der Waals surface area (Å²) >= 11 is 0. The quantitative estimate of drug-likeness (QED) is 0.463. The normalized spacial score (nSPS) is 24.1. The number of hydrogen-bond donors (Lipinski definition) is 1. The number of aromatic nitrogens is 2. The second kappa shape index (κ2) is 11.0. The Hall–Kier alpha value is -2.85. The van der Waals surface area contributed by atoms with Gasteiger partial charge in [-0.15, -0.1) is 0 Å². The molecule has 7 nitrogen and oxygen atoms in total. The van der Waals surface area contributed by atoms with Crippen molar-refractivity contribution < 1.29 is 18.3 Å². The van der Waals surface area contributed by atoms with Crippen molar-refractivity contribution in [1.82, 2.24) is 9.55 Å². The maximum atomic E-state index is 14.0. The minimum atomic E-state index is -2.72. The van der Waals surface area contributed by atoms with Gasteiger partial charge in [0.15, 0.2) is 5.79 Å². The molecule has 0 amide bonds. The van der Waals surface area contributed by atoms with E-state index < -0.39 is 37.4 Å². The minimum absolute atomic E-state index is 0.149. The Morgan fingerprint density at radius 3 is 2.15 bits per heavy atom. The van der Waals surface area contributed by atoms with Crippen molar-refractivity contribution in [3.63, 3.8) is 0 Å². The summed E-state index contributed by atoms with van der Waals surface area (Å²) in [6, 6.07) is 21.0. The molecule has 2 aliphatic heterocycles. The van der Waals surface area contributed by atoms with Gasteiger partial charge in [-0.25, -0.2) is 4.79 Å². The molecule has 39 heavy (non-hydrogen) atoms. The first kappa shape index (κ1) is 27.7. The number of ether oxygens (including phenoxy) is 2. The van der Waals surface area contributed by atoms with Crippen molar-refractivity contribution >= 4 is 18.7 Å². The number of benzene rings is 2. The van der Waals surface area contributed by atoms with Crippen LogP contribution < -0.4 is 21.6 Å². The van der Waals surface area contributed by atoms with Gasteiger partial charge in [-0.3, -0.25) is 14.3 Å². The van der Waals surface area contributed by atoms with Gasteiger partial charge in [-0.2, -0.15) is 4.39 Å². The van der Waals surface area contributed by atoms with Crippen LogP contribution >= 0.6 is 0 Å². The third-order valence-corrected chi connectivity index (χ3v) is 13.0. The molecule has 1 aromatic heterocycles. The third kappa shape index (κ3) is 5.45. The molecule has 3 aromatic rings. The van der Waals surface area contributed by atoms with E-state index in [4.69, 9.17) is 13.9 Å². The van der Waals surface area contributed by atoms with E-state index in [0.717, 1.165) is 30.0 Å². The Bertz CT molecular complexity index is 1340. The first-order valence-corrected chi connectivity index (χ1v) is 15.7. The zero-order valence-electron chi connectivity index (χ0n) is 22.8. The van der Waals surface area contributed by atoms with Crippen LogP contribution in [0.4, 0.5) is 4.39 Å². The van der Waals surface area contributed by atoms with Crippen molar-refractivity contribution in [2.45, 2.75) is 82.5 Å². The molecule has 3 atom stereocenters. The van der Waals surface area contributed by atoms with Gasteiger partial charge in [0.1, 0.15) is 6.23 Å². The maximum absolute atomic E-state index is 14.0. The lowest BCUT2D eigenvalue weighted by molar-refractivity contribution is -0.330. The molecule has 0 aliphatic carbocycles. The van der Waals surface area contributed by atoms with E-state index in [2.05, 4.69) is 69.3 Å². The summed E-state index contributed by atoms with van der Waals surface area (Å²) in [5, 5.41) is 2.27. The first-order valence-electron chi connectivity index (χ1n) is 13.8. The topological polar surface area (TPSA) is 82.6 Å². The average Bonchev–Trinajstić information content (AvgIpc) is 2.92. The van der Waals surface area contributed by atoms with E-state index in [-0.39, 0.29) is 11.1 Å². The number of halogens is 1. The second-order valence-electron chi connectivity index (χ2n) is 11.6. The molecule has 2 fully saturated rings. The van der Waals surface area contributed by atoms with E-state index >= 15 is 0 Å². The number of nitrogens with one attached hydrogen (secondary N) is 1. The lowest BCUT2D eigenvalue weighted by Crippen LogP contribution is -2.67. The molecule has 1 N–H and O–H groups in total. The fourth-order valence-electron chi connectivity index (χ4n) is 6.17. The maximum Gasteiger partial charge on any atom is 0.330 e. The Kier molecular flexibility index (Phi) is 7.79. The van der Waals surface area contributed by atoms with Crippen molar-refractivity contribution in [1.29, 1.82) is 0 Å². The third-order valence-electron chi connectivity index (χ3n) is 7.96. The lowest BCUT2D eigenvalue weighted by atomic mass is 9.94. The van der Waals surface area contributed by atoms with Crippen LogP contribution in [0.1, 0.15) is 65.5 Å². The lowest BCUT2D eigenvalue weighted by Gasteiger charge is -2.47. The van der Waals surface area contributed by atoms with Crippen LogP contribution in [0.25, 0.3) is 0 Å². The Labute approximate surface area is 229 Å². The standard InChI is InChI=1S/C30H37FN2O5Si/c1-29(2,3)39(23-13-6-4-7-14-23,24-15-8-5-9-16-24)36-21-22-12-10-18-30(37-22)19-11-17-26(38-30)33-20-25(31)27(34)32-28(33)35/h4-9,13-16,20,22,26H,10-12,17-19,21H2,1-3H3,(H,32,34,35)/t22-,26+,30-/m1/s1. The first-order chi connectivity index (χ1) is 18.6. The Balaban J connectivity index is 1.40. The van der Waals surface area contributed by atoms with E-state index in [1.54, 1.807) is 0 Å². The summed E-state index contributed by atoms with van der Waals surface area (Å²) in [6.45, 7) is 7.16. The zero-order valence-corrected chi connectivity index (χ0v) is 23.8. The molecule has 2 saturated heterocycles. The van der Waals surface area contributed by atoms with Crippen molar-refractivity contribution in [3.8, 4) is 0 Å². The molecule has 1 spiro atoms. The van der Waals surface area contributed by atoms with Crippen molar-refractivity contribution in [2.24, 2.45) is 0 Å². The number of rotatable bonds is 6. The molecule has 5 rings (SSSR count). The largest absolute Gasteiger partial charge is 0.405 e. The van der Waals surface area contributed by atoms with Crippen LogP contribution in [-0.2, 0) is 13.9 Å². The highest BCUT2D eigenvalue weighted by atomic mass is 28.4. The van der Waals surface area contributed by atoms with Crippen molar-refractivity contribution in [3.05, 3.63) is 93.5 Å². The monoisotopic (exact) mass is 552 g/mol. The molecule has 0 unspecified atom stereocenters. The van der Waals surface area contributed by atoms with Crippen LogP contribution in [0.3, 0.4) is 0 Å². The van der Waals surface area contributed by atoms with Gasteiger partial charge in [-0.05, 0) is 41.1 Å². The molecule has 3 heterocycles. The predicted octanol–water partition coefficient (Wildman–Crippen LogP) is 4.22. The molecule has 208 valence electrons. The average molecular weight is 553 g/mol. The van der Waals surface area contributed by atoms with Crippen LogP contribution in [0, 0.1) is 5.82 Å². The number of aromatic amines is 1. The molecule has 2 aromatic carbocycles. The minimum Gasteiger partial charge on any atom is -0.405 e. The van der Waals surface area contributed by atoms with Gasteiger partial charge in [-0.1, -0.05) is 81.4 Å². The van der Waals surface area contributed by atoms with E-state index in [9.17, 15) is 14.0 Å². The predicted molar refractivity (Wildman–Crippen MR) is 150 cm³/mol. The molecule has 0 saturated carbocycles. The Morgan fingerprint density at radius 1 is 0.974 bits per heavy atom. The smallest absolute Gasteiger partial charge is 0.330 e. The highest BCUT2D eigenvalue weighted by Gasteiger charge is 2.51. The molecular formula is C30H37FN2O5Si. The van der Waals surface area contributed by atoms with Crippen LogP contribution in [-0.4, -0.2) is 36.4 Å². The molecule has 0 bridgehead atoms. The summed E-state index contributed by atoms with van der Waals surface area (Å²) in [5.41, 5.74) is -1.72. The van der Waals surface area contributed by atoms with Gasteiger partial charge < -0.3 is 13.9 Å². The Morgan fingerprint density at radius 2 is 1.56 bits per heavy atom. The number of nitrogens with zero attached hydrogens (tertiary/aromatic N) is 1. The highest BCUT2D eigenvalue weighted by Crippen LogP contribution is 2.43. The van der Waals surface area contributed by atoms with Crippen molar-refractivity contribution in [2.75, 3.05) is 6.61 Å². The van der Waals surface area contributed by atoms with Gasteiger partial charge in [0.05, 0.1) is 18.9 Å². The summed E-state index contributed by atoms with van der Waals surface area (Å²) in [7, 11) is -2.72. The molecular weight excluding hydrogens is 515 g/mol. The fourth-order valence-corrected chi connectivity index (χ4v) is 10.8. The van der Waals surface area contributed by atoms with Gasteiger partial charge in [0.2, 0.25) is 5.82 Å². The highest BCUT2D eigenvalue weighted by molar-refractivity contribution is 6.99. The summed E-state index contributed by atoms with van der Waals surface area (Å²) in [5.74, 6) is -1.90.